The van der Waals surface area contributed by atoms with Gasteiger partial charge in [-0.25, -0.2) is 0 Å². The Hall–Kier alpha value is 0.942. The molecule has 0 aliphatic carbocycles. The van der Waals surface area contributed by atoms with E-state index in [0.29, 0.717) is 0 Å². The topological polar surface area (TPSA) is 20.2 Å². The second kappa shape index (κ2) is 7.25. The van der Waals surface area contributed by atoms with Crippen LogP contribution in [0.2, 0.25) is 0 Å². The van der Waals surface area contributed by atoms with Gasteiger partial charge in [-0.15, -0.1) is 0 Å². The number of aliphatic hydroxyl groups is 1. The van der Waals surface area contributed by atoms with Crippen molar-refractivity contribution in [1.29, 1.82) is 0 Å². The van der Waals surface area contributed by atoms with E-state index in [1.807, 2.05) is 13.8 Å². The molecule has 0 fully saturated rings. The van der Waals surface area contributed by atoms with E-state index < -0.39 is 0 Å². The standard InChI is InChI=1S/C11H16O.W.Y/c1-8(7-12)9(2)10(3)11(4,5)6;;/h12H,1-2,4-6H3;;/q-2;;/b10-9+;;. The molecule has 1 N–H and O–H groups in total. The zero-order valence-electron chi connectivity index (χ0n) is 9.43. The number of allylic oxidation sites excluding steroid dienone is 3. The Kier molecular flexibility index (Phi) is 8.99. The molecule has 14 heavy (non-hydrogen) atoms. The van der Waals surface area contributed by atoms with E-state index in [1.54, 1.807) is 0 Å². The van der Waals surface area contributed by atoms with E-state index in [0.717, 1.165) is 11.1 Å². The first kappa shape index (κ1) is 17.3. The van der Waals surface area contributed by atoms with Gasteiger partial charge in [-0.1, -0.05) is 0 Å². The van der Waals surface area contributed by atoms with Gasteiger partial charge in [-0.05, 0) is 0 Å². The molecule has 0 spiro atoms. The van der Waals surface area contributed by atoms with Crippen molar-refractivity contribution in [2.24, 2.45) is 5.41 Å². The van der Waals surface area contributed by atoms with E-state index in [1.165, 1.54) is 24.9 Å². The molecule has 0 rings (SSSR count). The minimum Gasteiger partial charge on any atom is 0 e. The SMILES string of the molecule is CC(=[C-]O)/C(C)=C(\[C-]=[W])C(C)(C)C.[Y]. The van der Waals surface area contributed by atoms with Gasteiger partial charge >= 0.3 is 91.9 Å². The maximum Gasteiger partial charge on any atom is 0 e. The number of aliphatic hydroxyl groups excluding tert-OH is 1. The predicted molar refractivity (Wildman–Crippen MR) is 52.2 cm³/mol. The van der Waals surface area contributed by atoms with E-state index in [-0.39, 0.29) is 38.1 Å². The molecule has 0 aromatic rings. The molecule has 0 aliphatic rings. The minimum atomic E-state index is 0. The van der Waals surface area contributed by atoms with Gasteiger partial charge in [0.15, 0.2) is 0 Å². The molecule has 0 amide bonds. The van der Waals surface area contributed by atoms with Crippen molar-refractivity contribution in [3.8, 4) is 0 Å². The molecule has 77 valence electrons. The molecule has 0 aromatic carbocycles. The Bertz CT molecular complexity index is 259. The fraction of sp³-hybridized carbons (Fsp3) is 0.545. The first-order valence-electron chi connectivity index (χ1n) is 4.18. The van der Waals surface area contributed by atoms with Crippen molar-refractivity contribution < 1.29 is 57.2 Å². The summed E-state index contributed by atoms with van der Waals surface area (Å²) in [4.78, 5) is 0. The van der Waals surface area contributed by atoms with Crippen LogP contribution in [0.3, 0.4) is 0 Å². The average Bonchev–Trinajstić information content (AvgIpc) is 2.01. The van der Waals surface area contributed by atoms with Gasteiger partial charge in [0.05, 0.1) is 0 Å². The van der Waals surface area contributed by atoms with Crippen molar-refractivity contribution in [3.63, 3.8) is 0 Å². The van der Waals surface area contributed by atoms with Crippen molar-refractivity contribution in [1.82, 2.24) is 0 Å². The van der Waals surface area contributed by atoms with Crippen LogP contribution < -0.4 is 0 Å². The van der Waals surface area contributed by atoms with Gasteiger partial charge in [0, 0.05) is 32.7 Å². The third-order valence-electron chi connectivity index (χ3n) is 1.96. The molecule has 0 saturated heterocycles. The maximum absolute atomic E-state index is 8.77. The van der Waals surface area contributed by atoms with Crippen molar-refractivity contribution >= 4 is 4.40 Å². The van der Waals surface area contributed by atoms with Crippen LogP contribution in [0.4, 0.5) is 0 Å². The first-order chi connectivity index (χ1) is 5.84. The zero-order valence-corrected chi connectivity index (χ0v) is 15.2. The number of rotatable bonds is 2. The summed E-state index contributed by atoms with van der Waals surface area (Å²) in [5.41, 5.74) is 3.12. The van der Waals surface area contributed by atoms with Crippen LogP contribution in [0, 0.1) is 11.7 Å². The van der Waals surface area contributed by atoms with Crippen molar-refractivity contribution in [2.45, 2.75) is 34.6 Å². The summed E-state index contributed by atoms with van der Waals surface area (Å²) < 4.78 is 3.25. The summed E-state index contributed by atoms with van der Waals surface area (Å²) in [6, 6.07) is 0. The molecule has 1 radical (unpaired) electrons. The monoisotopic (exact) mass is 437 g/mol. The molecule has 3 heteroatoms. The van der Waals surface area contributed by atoms with Crippen LogP contribution in [-0.4, -0.2) is 9.51 Å². The van der Waals surface area contributed by atoms with Crippen LogP contribution in [0.25, 0.3) is 0 Å². The van der Waals surface area contributed by atoms with Crippen molar-refractivity contribution in [2.75, 3.05) is 0 Å². The van der Waals surface area contributed by atoms with Crippen LogP contribution in [-0.2, 0) is 52.1 Å². The summed E-state index contributed by atoms with van der Waals surface area (Å²) in [7, 11) is 0. The van der Waals surface area contributed by atoms with E-state index in [9.17, 15) is 0 Å². The Balaban J connectivity index is 0. The molecule has 0 saturated carbocycles. The molecule has 0 aromatic heterocycles. The summed E-state index contributed by atoms with van der Waals surface area (Å²) in [6.45, 7) is 10.3. The number of hydrogen-bond acceptors (Lipinski definition) is 1. The van der Waals surface area contributed by atoms with Gasteiger partial charge in [-0.2, -0.15) is 0 Å². The van der Waals surface area contributed by atoms with Gasteiger partial charge in [0.1, 0.15) is 0 Å². The molecule has 0 bridgehead atoms. The predicted octanol–water partition coefficient (Wildman–Crippen LogP) is 2.84. The normalized spacial score (nSPS) is 14.2. The summed E-state index contributed by atoms with van der Waals surface area (Å²) >= 11 is 1.31. The quantitative estimate of drug-likeness (QED) is 0.401. The fourth-order valence-corrected chi connectivity index (χ4v) is 2.71. The van der Waals surface area contributed by atoms with Gasteiger partial charge in [0.25, 0.3) is 0 Å². The molecular weight excluding hydrogens is 421 g/mol. The zero-order chi connectivity index (χ0) is 10.6. The smallest absolute Gasteiger partial charge is 0 e. The molecule has 0 unspecified atom stereocenters. The molecule has 1 nitrogen and oxygen atoms in total. The second-order valence-electron chi connectivity index (χ2n) is 4.09. The maximum atomic E-state index is 8.77. The van der Waals surface area contributed by atoms with Crippen LogP contribution >= 0.6 is 0 Å². The molecule has 0 heterocycles. The Morgan fingerprint density at radius 1 is 1.21 bits per heavy atom. The van der Waals surface area contributed by atoms with Gasteiger partial charge in [0.2, 0.25) is 0 Å². The average molecular weight is 437 g/mol. The third kappa shape index (κ3) is 5.14. The first-order valence-corrected chi connectivity index (χ1v) is 5.64. The van der Waals surface area contributed by atoms with E-state index in [2.05, 4.69) is 31.4 Å². The Morgan fingerprint density at radius 3 is 1.86 bits per heavy atom. The second-order valence-corrected chi connectivity index (χ2v) is 4.82. The summed E-state index contributed by atoms with van der Waals surface area (Å²) in [6.07, 6.45) is 2.18. The summed E-state index contributed by atoms with van der Waals surface area (Å²) in [5, 5.41) is 8.77. The Labute approximate surface area is 123 Å². The molecular formula is C11H16OWY-2. The van der Waals surface area contributed by atoms with Crippen molar-refractivity contribution in [3.05, 3.63) is 23.0 Å². The van der Waals surface area contributed by atoms with Gasteiger partial charge in [-0.3, -0.25) is 0 Å². The van der Waals surface area contributed by atoms with E-state index in [4.69, 9.17) is 5.11 Å². The Morgan fingerprint density at radius 2 is 1.64 bits per heavy atom. The number of hydrogen-bond donors (Lipinski definition) is 1. The van der Waals surface area contributed by atoms with Crippen LogP contribution in [0.1, 0.15) is 34.6 Å². The third-order valence-corrected chi connectivity index (χ3v) is 2.69. The molecule has 0 aliphatic heterocycles. The van der Waals surface area contributed by atoms with Gasteiger partial charge < -0.3 is 0 Å². The minimum absolute atomic E-state index is 0. The fourth-order valence-electron chi connectivity index (χ4n) is 1.06. The summed E-state index contributed by atoms with van der Waals surface area (Å²) in [5.74, 6) is 0. The molecule has 0 atom stereocenters. The van der Waals surface area contributed by atoms with E-state index >= 15 is 0 Å². The van der Waals surface area contributed by atoms with Crippen LogP contribution in [0.15, 0.2) is 16.7 Å². The largest absolute Gasteiger partial charge is 0 e. The van der Waals surface area contributed by atoms with Crippen LogP contribution in [0.5, 0.6) is 0 Å².